The number of hydrogen-bond acceptors (Lipinski definition) is 4. The maximum Gasteiger partial charge on any atom is 0.337 e. The number of halogens is 2. The number of rotatable bonds is 6. The van der Waals surface area contributed by atoms with Gasteiger partial charge in [0, 0.05) is 35.5 Å². The topological polar surface area (TPSA) is 59.0 Å². The first-order valence-corrected chi connectivity index (χ1v) is 14.9. The molecule has 0 radical (unpaired) electrons. The molecule has 0 bridgehead atoms. The number of carboxylic acids is 1. The summed E-state index contributed by atoms with van der Waals surface area (Å²) in [5.41, 5.74) is 8.75. The summed E-state index contributed by atoms with van der Waals surface area (Å²) in [5.74, 6) is -1.53. The van der Waals surface area contributed by atoms with Gasteiger partial charge in [0.2, 0.25) is 0 Å². The van der Waals surface area contributed by atoms with Gasteiger partial charge in [-0.05, 0) is 124 Å². The maximum absolute atomic E-state index is 15.6. The summed E-state index contributed by atoms with van der Waals surface area (Å²) in [6, 6.07) is 6.51. The highest BCUT2D eigenvalue weighted by Gasteiger charge is 2.36. The van der Waals surface area contributed by atoms with Crippen LogP contribution in [0.3, 0.4) is 0 Å². The number of fused-ring (bicyclic) bond motifs is 2. The van der Waals surface area contributed by atoms with Crippen molar-refractivity contribution in [1.29, 1.82) is 0 Å². The van der Waals surface area contributed by atoms with Crippen LogP contribution < -0.4 is 4.74 Å². The summed E-state index contributed by atoms with van der Waals surface area (Å²) in [6.07, 6.45) is 0.867. The Morgan fingerprint density at radius 2 is 1.72 bits per heavy atom. The number of ether oxygens (including phenoxy) is 2. The van der Waals surface area contributed by atoms with Crippen LogP contribution in [0.2, 0.25) is 0 Å². The lowest BCUT2D eigenvalue weighted by Crippen LogP contribution is -2.33. The van der Waals surface area contributed by atoms with Gasteiger partial charge in [0.05, 0.1) is 12.2 Å². The third kappa shape index (κ3) is 5.55. The van der Waals surface area contributed by atoms with E-state index in [4.69, 9.17) is 9.47 Å². The largest absolute Gasteiger partial charge is 0.490 e. The maximum atomic E-state index is 15.6. The van der Waals surface area contributed by atoms with Crippen LogP contribution in [-0.2, 0) is 28.9 Å². The molecule has 0 amide bonds. The fourth-order valence-electron chi connectivity index (χ4n) is 6.72. The second-order valence-electron chi connectivity index (χ2n) is 12.8. The average molecular weight is 590 g/mol. The van der Waals surface area contributed by atoms with Gasteiger partial charge in [0.15, 0.2) is 17.7 Å². The van der Waals surface area contributed by atoms with Crippen molar-refractivity contribution in [3.63, 3.8) is 0 Å². The van der Waals surface area contributed by atoms with E-state index in [1.54, 1.807) is 13.0 Å². The first-order valence-electron chi connectivity index (χ1n) is 14.9. The van der Waals surface area contributed by atoms with Crippen molar-refractivity contribution in [2.45, 2.75) is 86.0 Å². The predicted octanol–water partition coefficient (Wildman–Crippen LogP) is 8.16. The van der Waals surface area contributed by atoms with E-state index < -0.39 is 23.5 Å². The molecule has 228 valence electrons. The second kappa shape index (κ2) is 11.4. The van der Waals surface area contributed by atoms with E-state index in [2.05, 4.69) is 11.5 Å². The van der Waals surface area contributed by atoms with Crippen LogP contribution in [0.15, 0.2) is 30.8 Å². The average Bonchev–Trinajstić information content (AvgIpc) is 2.96. The summed E-state index contributed by atoms with van der Waals surface area (Å²) in [5, 5.41) is 10.5. The molecule has 5 rings (SSSR count). The lowest BCUT2D eigenvalue weighted by atomic mass is 9.78. The Kier molecular flexibility index (Phi) is 8.16. The highest BCUT2D eigenvalue weighted by molar-refractivity contribution is 5.86. The molecule has 2 heterocycles. The number of carbonyl (C=O) groups is 1. The standard InChI is InChI=1S/C36H41F2NO4/c1-19-26-12-10-16-42-33(26)30(38)17-27(19)31-22(4)28-18-39(23(5)24-11-9-13-29(37)20(24)2)15-14-25(28)21(3)32(31)34(35(40)41)43-36(6,7)8/h9,11,13,17,34H,5,10,12,14-16,18H2,1-4,6-8H3,(H,40,41)/t34-/m0/s1. The Morgan fingerprint density at radius 3 is 2.40 bits per heavy atom. The summed E-state index contributed by atoms with van der Waals surface area (Å²) in [7, 11) is 0. The second-order valence-corrected chi connectivity index (χ2v) is 12.8. The Morgan fingerprint density at radius 1 is 1.00 bits per heavy atom. The molecule has 0 spiro atoms. The minimum absolute atomic E-state index is 0.275. The first-order chi connectivity index (χ1) is 20.2. The molecule has 5 nitrogen and oxygen atoms in total. The monoisotopic (exact) mass is 589 g/mol. The lowest BCUT2D eigenvalue weighted by molar-refractivity contribution is -0.160. The molecule has 43 heavy (non-hydrogen) atoms. The van der Waals surface area contributed by atoms with Crippen molar-refractivity contribution in [2.24, 2.45) is 0 Å². The van der Waals surface area contributed by atoms with Crippen molar-refractivity contribution in [1.82, 2.24) is 4.90 Å². The summed E-state index contributed by atoms with van der Waals surface area (Å²) in [6.45, 7) is 19.1. The van der Waals surface area contributed by atoms with E-state index in [0.717, 1.165) is 51.1 Å². The number of benzene rings is 3. The van der Waals surface area contributed by atoms with Gasteiger partial charge in [0.1, 0.15) is 5.82 Å². The van der Waals surface area contributed by atoms with Crippen molar-refractivity contribution in [3.8, 4) is 16.9 Å². The van der Waals surface area contributed by atoms with Crippen molar-refractivity contribution < 1.29 is 28.2 Å². The summed E-state index contributed by atoms with van der Waals surface area (Å²) in [4.78, 5) is 15.0. The summed E-state index contributed by atoms with van der Waals surface area (Å²) < 4.78 is 42.0. The van der Waals surface area contributed by atoms with Crippen LogP contribution in [0.4, 0.5) is 8.78 Å². The van der Waals surface area contributed by atoms with E-state index in [1.165, 1.54) is 12.1 Å². The van der Waals surface area contributed by atoms with Crippen molar-refractivity contribution >= 4 is 11.7 Å². The van der Waals surface area contributed by atoms with Gasteiger partial charge in [-0.15, -0.1) is 0 Å². The lowest BCUT2D eigenvalue weighted by Gasteiger charge is -2.37. The normalized spacial score (nSPS) is 15.4. The van der Waals surface area contributed by atoms with Crippen LogP contribution in [-0.4, -0.2) is 34.7 Å². The van der Waals surface area contributed by atoms with E-state index in [0.29, 0.717) is 54.8 Å². The third-order valence-corrected chi connectivity index (χ3v) is 8.92. The molecule has 0 aromatic heterocycles. The van der Waals surface area contributed by atoms with Gasteiger partial charge in [0.25, 0.3) is 0 Å². The highest BCUT2D eigenvalue weighted by Crippen LogP contribution is 2.46. The van der Waals surface area contributed by atoms with Gasteiger partial charge in [-0.25, -0.2) is 13.6 Å². The summed E-state index contributed by atoms with van der Waals surface area (Å²) >= 11 is 0. The Bertz CT molecular complexity index is 1640. The number of carboxylic acid groups (broad SMARTS) is 1. The third-order valence-electron chi connectivity index (χ3n) is 8.92. The fraction of sp³-hybridized carbons (Fsp3) is 0.417. The Balaban J connectivity index is 1.74. The quantitative estimate of drug-likeness (QED) is 0.314. The number of hydrogen-bond donors (Lipinski definition) is 1. The zero-order valence-corrected chi connectivity index (χ0v) is 26.2. The van der Waals surface area contributed by atoms with Crippen molar-refractivity contribution in [2.75, 3.05) is 13.2 Å². The smallest absolute Gasteiger partial charge is 0.337 e. The molecule has 1 atom stereocenters. The molecule has 0 saturated carbocycles. The molecule has 2 aliphatic rings. The van der Waals surface area contributed by atoms with Gasteiger partial charge in [-0.1, -0.05) is 18.7 Å². The fourth-order valence-corrected chi connectivity index (χ4v) is 6.72. The molecular weight excluding hydrogens is 548 g/mol. The molecule has 0 saturated heterocycles. The van der Waals surface area contributed by atoms with Crippen LogP contribution in [0.1, 0.15) is 83.4 Å². The van der Waals surface area contributed by atoms with Crippen LogP contribution in [0, 0.1) is 39.3 Å². The minimum Gasteiger partial charge on any atom is -0.490 e. The highest BCUT2D eigenvalue weighted by atomic mass is 19.1. The van der Waals surface area contributed by atoms with Crippen LogP contribution in [0.25, 0.3) is 16.8 Å². The van der Waals surface area contributed by atoms with Crippen molar-refractivity contribution in [3.05, 3.63) is 92.5 Å². The molecule has 0 fully saturated rings. The molecule has 3 aromatic rings. The molecule has 0 unspecified atom stereocenters. The van der Waals surface area contributed by atoms with Gasteiger partial charge in [-0.2, -0.15) is 0 Å². The van der Waals surface area contributed by atoms with E-state index in [-0.39, 0.29) is 11.6 Å². The molecule has 7 heteroatoms. The zero-order chi connectivity index (χ0) is 31.4. The van der Waals surface area contributed by atoms with Gasteiger partial charge >= 0.3 is 5.97 Å². The van der Waals surface area contributed by atoms with Gasteiger partial charge < -0.3 is 19.5 Å². The van der Waals surface area contributed by atoms with Crippen LogP contribution in [0.5, 0.6) is 5.75 Å². The first kappa shape index (κ1) is 30.7. The Labute approximate surface area is 253 Å². The SMILES string of the molecule is C=C(c1cccc(F)c1C)N1CCc2c(C)c([C@H](OC(C)(C)C)C(=O)O)c(-c3cc(F)c4c(c3C)CCCO4)c(C)c2C1. The Hall–Kier alpha value is -3.71. The van der Waals surface area contributed by atoms with E-state index in [1.807, 2.05) is 47.6 Å². The van der Waals surface area contributed by atoms with Gasteiger partial charge in [-0.3, -0.25) is 0 Å². The van der Waals surface area contributed by atoms with E-state index >= 15 is 4.39 Å². The molecule has 3 aromatic carbocycles. The number of aliphatic carboxylic acids is 1. The zero-order valence-electron chi connectivity index (χ0n) is 26.2. The molecule has 2 aliphatic heterocycles. The van der Waals surface area contributed by atoms with Crippen LogP contribution >= 0.6 is 0 Å². The minimum atomic E-state index is -1.25. The molecule has 1 N–H and O–H groups in total. The van der Waals surface area contributed by atoms with E-state index in [9.17, 15) is 14.3 Å². The molecular formula is C36H41F2NO4. The predicted molar refractivity (Wildman–Crippen MR) is 165 cm³/mol. The molecule has 0 aliphatic carbocycles. The number of nitrogens with zero attached hydrogens (tertiary/aromatic N) is 1.